The predicted octanol–water partition coefficient (Wildman–Crippen LogP) is 4.25. The van der Waals surface area contributed by atoms with Gasteiger partial charge < -0.3 is 10.1 Å². The van der Waals surface area contributed by atoms with Crippen LogP contribution in [-0.4, -0.2) is 46.5 Å². The van der Waals surface area contributed by atoms with Gasteiger partial charge in [0.05, 0.1) is 34.2 Å². The fourth-order valence-electron chi connectivity index (χ4n) is 3.16. The van der Waals surface area contributed by atoms with Crippen molar-refractivity contribution in [2.75, 3.05) is 25.0 Å². The number of nitrogens with zero attached hydrogens (tertiary/aromatic N) is 3. The number of anilines is 1. The second-order valence-corrected chi connectivity index (χ2v) is 7.64. The Balaban J connectivity index is 1.51. The molecule has 0 aliphatic carbocycles. The maximum Gasteiger partial charge on any atom is 0.416 e. The molecule has 0 radical (unpaired) electrons. The summed E-state index contributed by atoms with van der Waals surface area (Å²) in [7, 11) is 0. The number of carbonyl (C=O) groups excluding carboxylic acids is 1. The van der Waals surface area contributed by atoms with Crippen LogP contribution in [-0.2, 0) is 11.0 Å². The van der Waals surface area contributed by atoms with Gasteiger partial charge in [-0.3, -0.25) is 14.7 Å². The molecule has 10 heteroatoms. The zero-order valence-corrected chi connectivity index (χ0v) is 17.3. The zero-order chi connectivity index (χ0) is 21.9. The molecule has 1 fully saturated rings. The van der Waals surface area contributed by atoms with Gasteiger partial charge >= 0.3 is 6.18 Å². The fraction of sp³-hybridized carbons (Fsp3) is 0.450. The van der Waals surface area contributed by atoms with E-state index in [1.807, 2.05) is 18.7 Å². The molecular weight excluding hydrogens is 421 g/mol. The first-order valence-corrected chi connectivity index (χ1v) is 9.85. The van der Waals surface area contributed by atoms with E-state index in [1.165, 1.54) is 0 Å². The SMILES string of the molecule is Cc1cnc(C)c(OC2CCN(CC(=O)Nc3cc(C(F)(F)F)ccc3Cl)CC2)n1. The van der Waals surface area contributed by atoms with Crippen LogP contribution in [0.25, 0.3) is 0 Å². The highest BCUT2D eigenvalue weighted by atomic mass is 35.5. The lowest BCUT2D eigenvalue weighted by Crippen LogP contribution is -2.42. The van der Waals surface area contributed by atoms with Crippen molar-refractivity contribution in [1.29, 1.82) is 0 Å². The Bertz CT molecular complexity index is 915. The summed E-state index contributed by atoms with van der Waals surface area (Å²) < 4.78 is 44.5. The number of piperidine rings is 1. The molecular formula is C20H22ClF3N4O2. The highest BCUT2D eigenvalue weighted by Gasteiger charge is 2.31. The first-order chi connectivity index (χ1) is 14.1. The maximum atomic E-state index is 12.9. The van der Waals surface area contributed by atoms with Gasteiger partial charge in [0.25, 0.3) is 0 Å². The Kier molecular flexibility index (Phi) is 6.82. The van der Waals surface area contributed by atoms with E-state index in [4.69, 9.17) is 16.3 Å². The van der Waals surface area contributed by atoms with Crippen LogP contribution >= 0.6 is 11.6 Å². The average Bonchev–Trinajstić information content (AvgIpc) is 2.67. The van der Waals surface area contributed by atoms with Crippen LogP contribution in [0.5, 0.6) is 5.88 Å². The van der Waals surface area contributed by atoms with Crippen LogP contribution < -0.4 is 10.1 Å². The summed E-state index contributed by atoms with van der Waals surface area (Å²) in [6.45, 7) is 4.97. The molecule has 1 amide bonds. The van der Waals surface area contributed by atoms with E-state index in [-0.39, 0.29) is 23.4 Å². The molecule has 0 unspecified atom stereocenters. The minimum atomic E-state index is -4.51. The van der Waals surface area contributed by atoms with Crippen LogP contribution in [0.1, 0.15) is 29.8 Å². The van der Waals surface area contributed by atoms with Gasteiger partial charge in [0.1, 0.15) is 6.10 Å². The molecule has 1 saturated heterocycles. The summed E-state index contributed by atoms with van der Waals surface area (Å²) >= 11 is 5.93. The molecule has 0 spiro atoms. The minimum Gasteiger partial charge on any atom is -0.473 e. The number of likely N-dealkylation sites (tertiary alicyclic amines) is 1. The molecule has 30 heavy (non-hydrogen) atoms. The average molecular weight is 443 g/mol. The summed E-state index contributed by atoms with van der Waals surface area (Å²) in [5.74, 6) is 0.0985. The van der Waals surface area contributed by atoms with E-state index in [0.29, 0.717) is 31.8 Å². The third-order valence-electron chi connectivity index (χ3n) is 4.78. The monoisotopic (exact) mass is 442 g/mol. The molecule has 0 bridgehead atoms. The van der Waals surface area contributed by atoms with Crippen molar-refractivity contribution in [1.82, 2.24) is 14.9 Å². The summed E-state index contributed by atoms with van der Waals surface area (Å²) in [6.07, 6.45) is -1.46. The van der Waals surface area contributed by atoms with E-state index in [9.17, 15) is 18.0 Å². The normalized spacial score (nSPS) is 15.8. The molecule has 0 saturated carbocycles. The third-order valence-corrected chi connectivity index (χ3v) is 5.11. The van der Waals surface area contributed by atoms with Crippen molar-refractivity contribution >= 4 is 23.2 Å². The molecule has 1 aliphatic rings. The smallest absolute Gasteiger partial charge is 0.416 e. The highest BCUT2D eigenvalue weighted by molar-refractivity contribution is 6.33. The quantitative estimate of drug-likeness (QED) is 0.750. The number of aryl methyl sites for hydroxylation is 2. The zero-order valence-electron chi connectivity index (χ0n) is 16.6. The molecule has 1 N–H and O–H groups in total. The van der Waals surface area contributed by atoms with Gasteiger partial charge in [-0.2, -0.15) is 13.2 Å². The van der Waals surface area contributed by atoms with Gasteiger partial charge in [-0.25, -0.2) is 4.98 Å². The molecule has 6 nitrogen and oxygen atoms in total. The number of aromatic nitrogens is 2. The molecule has 1 aliphatic heterocycles. The second-order valence-electron chi connectivity index (χ2n) is 7.24. The number of benzene rings is 1. The predicted molar refractivity (Wildman–Crippen MR) is 107 cm³/mol. The van der Waals surface area contributed by atoms with Gasteiger partial charge in [-0.05, 0) is 44.9 Å². The van der Waals surface area contributed by atoms with Gasteiger partial charge in [-0.1, -0.05) is 11.6 Å². The first kappa shape index (κ1) is 22.3. The Morgan fingerprint density at radius 3 is 2.67 bits per heavy atom. The Labute approximate surface area is 177 Å². The largest absolute Gasteiger partial charge is 0.473 e. The Morgan fingerprint density at radius 2 is 2.00 bits per heavy atom. The van der Waals surface area contributed by atoms with Crippen molar-refractivity contribution in [2.45, 2.75) is 39.0 Å². The van der Waals surface area contributed by atoms with E-state index in [1.54, 1.807) is 6.20 Å². The summed E-state index contributed by atoms with van der Waals surface area (Å²) in [4.78, 5) is 22.8. The number of carbonyl (C=O) groups is 1. The Morgan fingerprint density at radius 1 is 1.30 bits per heavy atom. The number of halogens is 4. The Hall–Kier alpha value is -2.39. The summed E-state index contributed by atoms with van der Waals surface area (Å²) in [6, 6.07) is 2.84. The number of rotatable bonds is 5. The minimum absolute atomic E-state index is 0.0305. The van der Waals surface area contributed by atoms with Crippen LogP contribution in [0.4, 0.5) is 18.9 Å². The van der Waals surface area contributed by atoms with Crippen LogP contribution in [0.2, 0.25) is 5.02 Å². The molecule has 2 heterocycles. The molecule has 1 aromatic heterocycles. The number of hydrogen-bond donors (Lipinski definition) is 1. The van der Waals surface area contributed by atoms with Gasteiger partial charge in [0, 0.05) is 19.3 Å². The molecule has 2 aromatic rings. The lowest BCUT2D eigenvalue weighted by molar-refractivity contribution is -0.137. The van der Waals surface area contributed by atoms with Crippen LogP contribution in [0, 0.1) is 13.8 Å². The number of ether oxygens (including phenoxy) is 1. The number of hydrogen-bond acceptors (Lipinski definition) is 5. The fourth-order valence-corrected chi connectivity index (χ4v) is 3.33. The van der Waals surface area contributed by atoms with Crippen LogP contribution in [0.3, 0.4) is 0 Å². The second kappa shape index (κ2) is 9.18. The standard InChI is InChI=1S/C20H22ClF3N4O2/c1-12-10-25-13(2)19(26-12)30-15-5-7-28(8-6-15)11-18(29)27-17-9-14(20(22,23)24)3-4-16(17)21/h3-4,9-10,15H,5-8,11H2,1-2H3,(H,27,29). The van der Waals surface area contributed by atoms with E-state index in [2.05, 4.69) is 15.3 Å². The van der Waals surface area contributed by atoms with Crippen molar-refractivity contribution in [3.8, 4) is 5.88 Å². The van der Waals surface area contributed by atoms with Gasteiger partial charge in [0.15, 0.2) is 0 Å². The van der Waals surface area contributed by atoms with E-state index < -0.39 is 17.6 Å². The van der Waals surface area contributed by atoms with Crippen molar-refractivity contribution in [2.24, 2.45) is 0 Å². The van der Waals surface area contributed by atoms with E-state index >= 15 is 0 Å². The van der Waals surface area contributed by atoms with Crippen LogP contribution in [0.15, 0.2) is 24.4 Å². The maximum absolute atomic E-state index is 12.9. The van der Waals surface area contributed by atoms with Crippen molar-refractivity contribution in [3.63, 3.8) is 0 Å². The summed E-state index contributed by atoms with van der Waals surface area (Å²) in [5, 5.41) is 2.53. The molecule has 1 aromatic carbocycles. The molecule has 162 valence electrons. The van der Waals surface area contributed by atoms with Gasteiger partial charge in [-0.15, -0.1) is 0 Å². The lowest BCUT2D eigenvalue weighted by Gasteiger charge is -2.31. The third kappa shape index (κ3) is 5.82. The lowest BCUT2D eigenvalue weighted by atomic mass is 10.1. The molecule has 0 atom stereocenters. The number of amides is 1. The number of alkyl halides is 3. The highest BCUT2D eigenvalue weighted by Crippen LogP contribution is 2.33. The van der Waals surface area contributed by atoms with Crippen molar-refractivity contribution in [3.05, 3.63) is 46.4 Å². The number of nitrogens with one attached hydrogen (secondary N) is 1. The first-order valence-electron chi connectivity index (χ1n) is 9.47. The summed E-state index contributed by atoms with van der Waals surface area (Å²) in [5.41, 5.74) is 0.580. The van der Waals surface area contributed by atoms with Gasteiger partial charge in [0.2, 0.25) is 11.8 Å². The topological polar surface area (TPSA) is 67.3 Å². The molecule has 3 rings (SSSR count). The van der Waals surface area contributed by atoms with Crippen molar-refractivity contribution < 1.29 is 22.7 Å². The van der Waals surface area contributed by atoms with E-state index in [0.717, 1.165) is 29.6 Å².